The Morgan fingerprint density at radius 1 is 1.14 bits per heavy atom. The summed E-state index contributed by atoms with van der Waals surface area (Å²) >= 11 is 0. The largest absolute Gasteiger partial charge is 0.497 e. The summed E-state index contributed by atoms with van der Waals surface area (Å²) in [5.74, 6) is 0.401. The molecule has 2 N–H and O–H groups in total. The zero-order valence-electron chi connectivity index (χ0n) is 12.3. The summed E-state index contributed by atoms with van der Waals surface area (Å²) in [5, 5.41) is 10.9. The summed E-state index contributed by atoms with van der Waals surface area (Å²) in [4.78, 5) is 15.5. The van der Waals surface area contributed by atoms with Crippen LogP contribution in [0.15, 0.2) is 42.6 Å². The van der Waals surface area contributed by atoms with Crippen LogP contribution in [0.4, 0.5) is 0 Å². The number of aromatic nitrogens is 1. The molecule has 0 aliphatic rings. The van der Waals surface area contributed by atoms with Gasteiger partial charge in [0.2, 0.25) is 0 Å². The Hall–Kier alpha value is -2.44. The van der Waals surface area contributed by atoms with Crippen LogP contribution in [0.3, 0.4) is 0 Å². The molecule has 0 aliphatic heterocycles. The highest BCUT2D eigenvalue weighted by molar-refractivity contribution is 5.92. The van der Waals surface area contributed by atoms with Crippen molar-refractivity contribution in [2.24, 2.45) is 0 Å². The summed E-state index contributed by atoms with van der Waals surface area (Å²) in [6.45, 7) is 0.477. The third-order valence-electron chi connectivity index (χ3n) is 2.99. The Labute approximate surface area is 128 Å². The Morgan fingerprint density at radius 2 is 1.82 bits per heavy atom. The van der Waals surface area contributed by atoms with Gasteiger partial charge in [0.25, 0.3) is 5.91 Å². The smallest absolute Gasteiger partial charge is 0.271 e. The van der Waals surface area contributed by atoms with Gasteiger partial charge in [-0.2, -0.15) is 0 Å². The van der Waals surface area contributed by atoms with Crippen LogP contribution in [-0.2, 0) is 18.0 Å². The van der Waals surface area contributed by atoms with Crippen LogP contribution in [0.2, 0.25) is 0 Å². The van der Waals surface area contributed by atoms with Crippen molar-refractivity contribution in [2.45, 2.75) is 13.2 Å². The van der Waals surface area contributed by atoms with Crippen LogP contribution in [0, 0.1) is 0 Å². The van der Waals surface area contributed by atoms with Crippen LogP contribution >= 0.6 is 0 Å². The summed E-state index contributed by atoms with van der Waals surface area (Å²) in [5.41, 5.74) is 2.18. The highest BCUT2D eigenvalue weighted by Gasteiger charge is 2.05. The van der Waals surface area contributed by atoms with E-state index in [1.54, 1.807) is 25.4 Å². The molecule has 0 atom stereocenters. The first kappa shape index (κ1) is 15.9. The van der Waals surface area contributed by atoms with E-state index in [0.29, 0.717) is 13.2 Å². The number of aliphatic hydroxyl groups is 1. The summed E-state index contributed by atoms with van der Waals surface area (Å²) in [6, 6.07) is 11.0. The Morgan fingerprint density at radius 3 is 2.41 bits per heavy atom. The van der Waals surface area contributed by atoms with Gasteiger partial charge in [0.1, 0.15) is 18.2 Å². The van der Waals surface area contributed by atoms with Gasteiger partial charge in [0.05, 0.1) is 20.3 Å². The van der Waals surface area contributed by atoms with E-state index in [2.05, 4.69) is 10.3 Å². The zero-order valence-corrected chi connectivity index (χ0v) is 12.3. The fourth-order valence-corrected chi connectivity index (χ4v) is 1.82. The molecular formula is C16H18N2O4. The molecule has 0 bridgehead atoms. The van der Waals surface area contributed by atoms with Crippen molar-refractivity contribution < 1.29 is 19.4 Å². The molecule has 0 aliphatic carbocycles. The van der Waals surface area contributed by atoms with Gasteiger partial charge in [-0.1, -0.05) is 18.2 Å². The molecule has 0 radical (unpaired) electrons. The second kappa shape index (κ2) is 8.11. The molecule has 2 rings (SSSR count). The number of benzene rings is 1. The number of hydrogen-bond acceptors (Lipinski definition) is 5. The summed E-state index contributed by atoms with van der Waals surface area (Å²) in [7, 11) is 1.63. The fraction of sp³-hybridized carbons (Fsp3) is 0.250. The Kier molecular flexibility index (Phi) is 5.88. The van der Waals surface area contributed by atoms with Gasteiger partial charge in [-0.3, -0.25) is 9.78 Å². The maximum absolute atomic E-state index is 11.4. The summed E-state index contributed by atoms with van der Waals surface area (Å²) < 4.78 is 10.7. The van der Waals surface area contributed by atoms with Gasteiger partial charge in [-0.15, -0.1) is 0 Å². The Balaban J connectivity index is 1.82. The third kappa shape index (κ3) is 4.54. The molecule has 0 unspecified atom stereocenters. The quantitative estimate of drug-likeness (QED) is 0.757. The lowest BCUT2D eigenvalue weighted by atomic mass is 10.2. The number of hydrogen-bond donors (Lipinski definition) is 2. The first-order valence-electron chi connectivity index (χ1n) is 6.77. The molecule has 1 aromatic carbocycles. The second-order valence-corrected chi connectivity index (χ2v) is 4.56. The lowest BCUT2D eigenvalue weighted by Crippen LogP contribution is -2.24. The van der Waals surface area contributed by atoms with Crippen LogP contribution in [0.1, 0.15) is 21.6 Å². The molecule has 0 saturated carbocycles. The minimum Gasteiger partial charge on any atom is -0.497 e. The van der Waals surface area contributed by atoms with Crippen LogP contribution in [0.25, 0.3) is 0 Å². The number of aliphatic hydroxyl groups excluding tert-OH is 1. The molecule has 1 amide bonds. The maximum Gasteiger partial charge on any atom is 0.271 e. The molecule has 0 fully saturated rings. The first-order chi connectivity index (χ1) is 10.7. The molecule has 116 valence electrons. The van der Waals surface area contributed by atoms with E-state index in [1.807, 2.05) is 24.3 Å². The van der Waals surface area contributed by atoms with E-state index >= 15 is 0 Å². The maximum atomic E-state index is 11.4. The van der Waals surface area contributed by atoms with Crippen molar-refractivity contribution in [1.29, 1.82) is 0 Å². The lowest BCUT2D eigenvalue weighted by Gasteiger charge is -2.06. The first-order valence-corrected chi connectivity index (χ1v) is 6.77. The molecular weight excluding hydrogens is 284 g/mol. The number of ether oxygens (including phenoxy) is 2. The average Bonchev–Trinajstić information content (AvgIpc) is 2.56. The number of carbonyl (C=O) groups excluding carboxylic acids is 1. The Bertz CT molecular complexity index is 597. The normalized spacial score (nSPS) is 10.3. The van der Waals surface area contributed by atoms with E-state index in [1.165, 1.54) is 0 Å². The van der Waals surface area contributed by atoms with Gasteiger partial charge in [0, 0.05) is 6.20 Å². The van der Waals surface area contributed by atoms with Crippen molar-refractivity contribution in [3.8, 4) is 5.75 Å². The predicted octanol–water partition coefficient (Wildman–Crippen LogP) is 1.49. The molecule has 2 aromatic rings. The second-order valence-electron chi connectivity index (χ2n) is 4.56. The van der Waals surface area contributed by atoms with E-state index in [4.69, 9.17) is 14.6 Å². The standard InChI is InChI=1S/C16H18N2O4/c1-21-14-5-2-12(3-6-14)9-22-10-13-4-7-15(17-8-13)16(20)18-11-19/h2-8,19H,9-11H2,1H3,(H,18,20). The molecule has 22 heavy (non-hydrogen) atoms. The minimum atomic E-state index is -0.409. The number of carbonyl (C=O) groups is 1. The predicted molar refractivity (Wildman–Crippen MR) is 80.3 cm³/mol. The van der Waals surface area contributed by atoms with Gasteiger partial charge < -0.3 is 19.9 Å². The minimum absolute atomic E-state index is 0.257. The molecule has 1 heterocycles. The molecule has 0 spiro atoms. The monoisotopic (exact) mass is 302 g/mol. The fourth-order valence-electron chi connectivity index (χ4n) is 1.82. The van der Waals surface area contributed by atoms with Gasteiger partial charge in [0.15, 0.2) is 0 Å². The van der Waals surface area contributed by atoms with E-state index in [9.17, 15) is 4.79 Å². The van der Waals surface area contributed by atoms with Crippen LogP contribution < -0.4 is 10.1 Å². The van der Waals surface area contributed by atoms with E-state index < -0.39 is 12.6 Å². The molecule has 6 heteroatoms. The van der Waals surface area contributed by atoms with E-state index in [0.717, 1.165) is 16.9 Å². The van der Waals surface area contributed by atoms with Crippen molar-refractivity contribution in [1.82, 2.24) is 10.3 Å². The number of nitrogens with zero attached hydrogens (tertiary/aromatic N) is 1. The van der Waals surface area contributed by atoms with Crippen LogP contribution in [0.5, 0.6) is 5.75 Å². The summed E-state index contributed by atoms with van der Waals surface area (Å²) in [6.07, 6.45) is 1.58. The van der Waals surface area contributed by atoms with E-state index in [-0.39, 0.29) is 5.69 Å². The number of methoxy groups -OCH3 is 1. The number of amides is 1. The van der Waals surface area contributed by atoms with Crippen LogP contribution in [-0.4, -0.2) is 29.8 Å². The third-order valence-corrected chi connectivity index (χ3v) is 2.99. The van der Waals surface area contributed by atoms with Gasteiger partial charge in [-0.05, 0) is 29.3 Å². The van der Waals surface area contributed by atoms with Crippen molar-refractivity contribution in [2.75, 3.05) is 13.8 Å². The number of nitrogens with one attached hydrogen (secondary N) is 1. The van der Waals surface area contributed by atoms with Gasteiger partial charge >= 0.3 is 0 Å². The molecule has 6 nitrogen and oxygen atoms in total. The molecule has 1 aromatic heterocycles. The highest BCUT2D eigenvalue weighted by Crippen LogP contribution is 2.12. The van der Waals surface area contributed by atoms with Crippen molar-refractivity contribution in [3.05, 3.63) is 59.4 Å². The molecule has 0 saturated heterocycles. The lowest BCUT2D eigenvalue weighted by molar-refractivity contribution is 0.0904. The number of pyridine rings is 1. The zero-order chi connectivity index (χ0) is 15.8. The average molecular weight is 302 g/mol. The topological polar surface area (TPSA) is 80.7 Å². The van der Waals surface area contributed by atoms with Crippen molar-refractivity contribution >= 4 is 5.91 Å². The van der Waals surface area contributed by atoms with Gasteiger partial charge in [-0.25, -0.2) is 0 Å². The number of rotatable bonds is 7. The van der Waals surface area contributed by atoms with Crippen molar-refractivity contribution in [3.63, 3.8) is 0 Å². The SMILES string of the molecule is COc1ccc(COCc2ccc(C(=O)NCO)nc2)cc1. The highest BCUT2D eigenvalue weighted by atomic mass is 16.5.